The highest BCUT2D eigenvalue weighted by Crippen LogP contribution is 2.10. The van der Waals surface area contributed by atoms with E-state index in [9.17, 15) is 0 Å². The van der Waals surface area contributed by atoms with E-state index in [2.05, 4.69) is 25.6 Å². The Morgan fingerprint density at radius 3 is 2.53 bits per heavy atom. The van der Waals surface area contributed by atoms with Gasteiger partial charge in [0.25, 0.3) is 0 Å². The predicted molar refractivity (Wildman–Crippen MR) is 65.5 cm³/mol. The number of ether oxygens (including phenoxy) is 2. The third-order valence-electron chi connectivity index (χ3n) is 1.97. The van der Waals surface area contributed by atoms with Crippen molar-refractivity contribution >= 4 is 11.9 Å². The van der Waals surface area contributed by atoms with Crippen molar-refractivity contribution in [2.24, 2.45) is 0 Å². The Morgan fingerprint density at radius 2 is 1.94 bits per heavy atom. The summed E-state index contributed by atoms with van der Waals surface area (Å²) in [5, 5.41) is 5.96. The number of aromatic nitrogens is 3. The third-order valence-corrected chi connectivity index (χ3v) is 1.97. The average molecular weight is 241 g/mol. The molecule has 2 N–H and O–H groups in total. The SMILES string of the molecule is CCOCC(C)Nc1nc(NC)nc(OC)n1. The maximum atomic E-state index is 5.30. The van der Waals surface area contributed by atoms with Crippen LogP contribution in [0.5, 0.6) is 6.01 Å². The van der Waals surface area contributed by atoms with Crippen molar-refractivity contribution in [1.29, 1.82) is 0 Å². The van der Waals surface area contributed by atoms with Crippen LogP contribution in [0.1, 0.15) is 13.8 Å². The third kappa shape index (κ3) is 4.39. The molecule has 1 heterocycles. The lowest BCUT2D eigenvalue weighted by molar-refractivity contribution is 0.141. The van der Waals surface area contributed by atoms with Gasteiger partial charge in [-0.05, 0) is 13.8 Å². The van der Waals surface area contributed by atoms with Gasteiger partial charge in [-0.25, -0.2) is 0 Å². The zero-order valence-corrected chi connectivity index (χ0v) is 10.6. The second-order valence-electron chi connectivity index (χ2n) is 3.42. The lowest BCUT2D eigenvalue weighted by atomic mass is 10.4. The number of nitrogens with one attached hydrogen (secondary N) is 2. The minimum absolute atomic E-state index is 0.117. The fourth-order valence-corrected chi connectivity index (χ4v) is 1.18. The van der Waals surface area contributed by atoms with Crippen molar-refractivity contribution in [3.63, 3.8) is 0 Å². The van der Waals surface area contributed by atoms with Gasteiger partial charge in [0.05, 0.1) is 13.7 Å². The van der Waals surface area contributed by atoms with Gasteiger partial charge in [0.2, 0.25) is 11.9 Å². The van der Waals surface area contributed by atoms with Crippen molar-refractivity contribution in [3.05, 3.63) is 0 Å². The molecular weight excluding hydrogens is 222 g/mol. The van der Waals surface area contributed by atoms with Crippen LogP contribution in [0.15, 0.2) is 0 Å². The second-order valence-corrected chi connectivity index (χ2v) is 3.42. The maximum Gasteiger partial charge on any atom is 0.322 e. The van der Waals surface area contributed by atoms with E-state index in [4.69, 9.17) is 9.47 Å². The topological polar surface area (TPSA) is 81.2 Å². The van der Waals surface area contributed by atoms with Crippen LogP contribution in [-0.4, -0.2) is 48.4 Å². The molecule has 1 unspecified atom stereocenters. The summed E-state index contributed by atoms with van der Waals surface area (Å²) in [7, 11) is 3.25. The summed E-state index contributed by atoms with van der Waals surface area (Å²) in [4.78, 5) is 12.3. The molecule has 17 heavy (non-hydrogen) atoms. The van der Waals surface area contributed by atoms with Crippen LogP contribution in [0.3, 0.4) is 0 Å². The summed E-state index contributed by atoms with van der Waals surface area (Å²) in [6, 6.07) is 0.391. The monoisotopic (exact) mass is 241 g/mol. The van der Waals surface area contributed by atoms with E-state index >= 15 is 0 Å². The second kappa shape index (κ2) is 6.85. The molecule has 0 aromatic carbocycles. The van der Waals surface area contributed by atoms with Gasteiger partial charge in [0.15, 0.2) is 0 Å². The summed E-state index contributed by atoms with van der Waals surface area (Å²) in [5.74, 6) is 0.927. The minimum atomic E-state index is 0.117. The first kappa shape index (κ1) is 13.4. The summed E-state index contributed by atoms with van der Waals surface area (Å²) in [5.41, 5.74) is 0. The number of rotatable bonds is 7. The molecule has 1 rings (SSSR count). The van der Waals surface area contributed by atoms with Gasteiger partial charge in [0.1, 0.15) is 0 Å². The Balaban J connectivity index is 2.68. The normalized spacial score (nSPS) is 12.0. The molecule has 0 fully saturated rings. The standard InChI is InChI=1S/C10H19N5O2/c1-5-17-6-7(2)12-9-13-8(11-3)14-10(15-9)16-4/h7H,5-6H2,1-4H3,(H2,11,12,13,14,15). The highest BCUT2D eigenvalue weighted by Gasteiger charge is 2.08. The smallest absolute Gasteiger partial charge is 0.322 e. The highest BCUT2D eigenvalue weighted by atomic mass is 16.5. The Morgan fingerprint density at radius 1 is 1.24 bits per heavy atom. The van der Waals surface area contributed by atoms with Gasteiger partial charge in [0, 0.05) is 19.7 Å². The zero-order valence-electron chi connectivity index (χ0n) is 10.6. The number of nitrogens with zero attached hydrogens (tertiary/aromatic N) is 3. The molecule has 7 nitrogen and oxygen atoms in total. The average Bonchev–Trinajstić information content (AvgIpc) is 2.35. The largest absolute Gasteiger partial charge is 0.467 e. The molecule has 0 aliphatic heterocycles. The zero-order chi connectivity index (χ0) is 12.7. The predicted octanol–water partition coefficient (Wildman–Crippen LogP) is 0.759. The van der Waals surface area contributed by atoms with E-state index in [0.717, 1.165) is 0 Å². The van der Waals surface area contributed by atoms with E-state index in [-0.39, 0.29) is 12.1 Å². The molecule has 1 atom stereocenters. The van der Waals surface area contributed by atoms with Gasteiger partial charge < -0.3 is 20.1 Å². The fraction of sp³-hybridized carbons (Fsp3) is 0.700. The van der Waals surface area contributed by atoms with Crippen molar-refractivity contribution in [2.75, 3.05) is 38.0 Å². The number of hydrogen-bond acceptors (Lipinski definition) is 7. The van der Waals surface area contributed by atoms with Crippen molar-refractivity contribution in [1.82, 2.24) is 15.0 Å². The Labute approximate surface area is 101 Å². The van der Waals surface area contributed by atoms with E-state index in [1.807, 2.05) is 13.8 Å². The molecule has 1 aromatic heterocycles. The van der Waals surface area contributed by atoms with Gasteiger partial charge in [-0.3, -0.25) is 0 Å². The van der Waals surface area contributed by atoms with Crippen molar-refractivity contribution in [2.45, 2.75) is 19.9 Å². The van der Waals surface area contributed by atoms with Crippen LogP contribution in [0.4, 0.5) is 11.9 Å². The molecule has 7 heteroatoms. The summed E-state index contributed by atoms with van der Waals surface area (Å²) < 4.78 is 10.3. The molecule has 1 aromatic rings. The van der Waals surface area contributed by atoms with Gasteiger partial charge in [-0.2, -0.15) is 15.0 Å². The van der Waals surface area contributed by atoms with Crippen LogP contribution in [0.25, 0.3) is 0 Å². The van der Waals surface area contributed by atoms with Gasteiger partial charge in [-0.1, -0.05) is 0 Å². The fourth-order valence-electron chi connectivity index (χ4n) is 1.18. The van der Waals surface area contributed by atoms with Crippen LogP contribution in [0, 0.1) is 0 Å². The van der Waals surface area contributed by atoms with E-state index in [1.165, 1.54) is 7.11 Å². The van der Waals surface area contributed by atoms with E-state index in [1.54, 1.807) is 7.05 Å². The lowest BCUT2D eigenvalue weighted by Gasteiger charge is -2.14. The Kier molecular flexibility index (Phi) is 5.41. The first-order valence-corrected chi connectivity index (χ1v) is 5.51. The first-order valence-electron chi connectivity index (χ1n) is 5.51. The molecule has 0 radical (unpaired) electrons. The van der Waals surface area contributed by atoms with Crippen molar-refractivity contribution in [3.8, 4) is 6.01 Å². The van der Waals surface area contributed by atoms with Crippen LogP contribution >= 0.6 is 0 Å². The quantitative estimate of drug-likeness (QED) is 0.729. The van der Waals surface area contributed by atoms with Crippen LogP contribution in [0.2, 0.25) is 0 Å². The molecule has 96 valence electrons. The Hall–Kier alpha value is -1.63. The highest BCUT2D eigenvalue weighted by molar-refractivity contribution is 5.35. The lowest BCUT2D eigenvalue weighted by Crippen LogP contribution is -2.23. The van der Waals surface area contributed by atoms with E-state index < -0.39 is 0 Å². The summed E-state index contributed by atoms with van der Waals surface area (Å²) in [6.45, 7) is 5.23. The molecule has 0 aliphatic rings. The number of anilines is 2. The number of methoxy groups -OCH3 is 1. The van der Waals surface area contributed by atoms with Crippen LogP contribution < -0.4 is 15.4 Å². The Bertz CT molecular complexity index is 325. The molecule has 0 aliphatic carbocycles. The number of hydrogen-bond donors (Lipinski definition) is 2. The van der Waals surface area contributed by atoms with Crippen molar-refractivity contribution < 1.29 is 9.47 Å². The maximum absolute atomic E-state index is 5.30. The molecular formula is C10H19N5O2. The van der Waals surface area contributed by atoms with E-state index in [0.29, 0.717) is 25.1 Å². The van der Waals surface area contributed by atoms with Crippen LogP contribution in [-0.2, 0) is 4.74 Å². The first-order chi connectivity index (χ1) is 8.19. The summed E-state index contributed by atoms with van der Waals surface area (Å²) in [6.07, 6.45) is 0. The molecule has 0 amide bonds. The minimum Gasteiger partial charge on any atom is -0.467 e. The summed E-state index contributed by atoms with van der Waals surface area (Å²) >= 11 is 0. The molecule has 0 bridgehead atoms. The molecule has 0 saturated carbocycles. The van der Waals surface area contributed by atoms with Gasteiger partial charge in [-0.15, -0.1) is 0 Å². The van der Waals surface area contributed by atoms with Gasteiger partial charge >= 0.3 is 6.01 Å². The molecule has 0 saturated heterocycles. The molecule has 0 spiro atoms.